The average Bonchev–Trinajstić information content (AvgIpc) is 3.26. The summed E-state index contributed by atoms with van der Waals surface area (Å²) in [5, 5.41) is 2.94. The van der Waals surface area contributed by atoms with Crippen LogP contribution in [0.4, 0.5) is 0 Å². The van der Waals surface area contributed by atoms with Crippen molar-refractivity contribution in [3.63, 3.8) is 0 Å². The van der Waals surface area contributed by atoms with Crippen molar-refractivity contribution in [2.45, 2.75) is 31.1 Å². The van der Waals surface area contributed by atoms with E-state index in [2.05, 4.69) is 34.2 Å². The molecule has 0 saturated heterocycles. The van der Waals surface area contributed by atoms with Crippen molar-refractivity contribution < 1.29 is 9.53 Å². The largest absolute Gasteiger partial charge is 0.381 e. The second-order valence-electron chi connectivity index (χ2n) is 5.42. The van der Waals surface area contributed by atoms with Gasteiger partial charge in [0.1, 0.15) is 0 Å². The average molecular weight is 372 g/mol. The van der Waals surface area contributed by atoms with E-state index < -0.39 is 0 Å². The van der Waals surface area contributed by atoms with Crippen LogP contribution in [0.1, 0.15) is 24.8 Å². The Balaban J connectivity index is 1.54. The molecule has 1 N–H and O–H groups in total. The second kappa shape index (κ2) is 8.81. The molecule has 1 aromatic carbocycles. The summed E-state index contributed by atoms with van der Waals surface area (Å²) in [7, 11) is 0. The van der Waals surface area contributed by atoms with Gasteiger partial charge < -0.3 is 10.1 Å². The third kappa shape index (κ3) is 6.85. The first kappa shape index (κ1) is 16.8. The summed E-state index contributed by atoms with van der Waals surface area (Å²) in [5.41, 5.74) is 1.19. The van der Waals surface area contributed by atoms with Crippen LogP contribution >= 0.6 is 27.7 Å². The third-order valence-corrected chi connectivity index (χ3v) is 5.00. The van der Waals surface area contributed by atoms with Gasteiger partial charge in [0.25, 0.3) is 0 Å². The topological polar surface area (TPSA) is 38.3 Å². The van der Waals surface area contributed by atoms with Crippen molar-refractivity contribution >= 4 is 33.6 Å². The molecule has 1 fully saturated rings. The highest BCUT2D eigenvalue weighted by Gasteiger charge is 2.20. The lowest BCUT2D eigenvalue weighted by molar-refractivity contribution is -0.118. The maximum atomic E-state index is 11.8. The Bertz CT molecular complexity index is 477. The van der Waals surface area contributed by atoms with E-state index in [9.17, 15) is 4.79 Å². The van der Waals surface area contributed by atoms with Crippen molar-refractivity contribution in [2.75, 3.05) is 25.5 Å². The number of benzene rings is 1. The van der Waals surface area contributed by atoms with Crippen LogP contribution in [0, 0.1) is 12.8 Å². The number of nitrogens with one attached hydrogen (secondary N) is 1. The summed E-state index contributed by atoms with van der Waals surface area (Å²) in [5.74, 6) is 1.36. The molecule has 1 aliphatic rings. The van der Waals surface area contributed by atoms with E-state index in [4.69, 9.17) is 4.74 Å². The van der Waals surface area contributed by atoms with Crippen LogP contribution in [0.25, 0.3) is 0 Å². The van der Waals surface area contributed by atoms with Crippen molar-refractivity contribution in [1.29, 1.82) is 0 Å². The summed E-state index contributed by atoms with van der Waals surface area (Å²) in [4.78, 5) is 12.9. The summed E-state index contributed by atoms with van der Waals surface area (Å²) < 4.78 is 6.60. The number of halogens is 1. The van der Waals surface area contributed by atoms with E-state index >= 15 is 0 Å². The van der Waals surface area contributed by atoms with Gasteiger partial charge in [-0.25, -0.2) is 0 Å². The molecule has 0 bridgehead atoms. The minimum atomic E-state index is 0.0875. The van der Waals surface area contributed by atoms with Gasteiger partial charge in [0, 0.05) is 29.1 Å². The summed E-state index contributed by atoms with van der Waals surface area (Å²) in [6.07, 6.45) is 3.54. The Morgan fingerprint density at radius 3 is 3.00 bits per heavy atom. The van der Waals surface area contributed by atoms with E-state index in [0.717, 1.165) is 34.9 Å². The van der Waals surface area contributed by atoms with Crippen molar-refractivity contribution in [2.24, 2.45) is 5.92 Å². The van der Waals surface area contributed by atoms with Gasteiger partial charge in [-0.15, -0.1) is 11.8 Å². The third-order valence-electron chi connectivity index (χ3n) is 3.33. The van der Waals surface area contributed by atoms with Gasteiger partial charge in [-0.1, -0.05) is 15.9 Å². The molecule has 0 radical (unpaired) electrons. The Morgan fingerprint density at radius 2 is 2.29 bits per heavy atom. The van der Waals surface area contributed by atoms with Crippen LogP contribution in [0.5, 0.6) is 0 Å². The number of amides is 1. The first-order valence-electron chi connectivity index (χ1n) is 7.38. The highest BCUT2D eigenvalue weighted by molar-refractivity contribution is 9.10. The first-order valence-corrected chi connectivity index (χ1v) is 9.16. The molecule has 1 aromatic rings. The summed E-state index contributed by atoms with van der Waals surface area (Å²) in [6, 6.07) is 6.12. The van der Waals surface area contributed by atoms with E-state index in [1.165, 1.54) is 18.4 Å². The summed E-state index contributed by atoms with van der Waals surface area (Å²) in [6.45, 7) is 4.40. The number of ether oxygens (including phenoxy) is 1. The maximum absolute atomic E-state index is 11.8. The van der Waals surface area contributed by atoms with Gasteiger partial charge in [-0.05, 0) is 55.9 Å². The van der Waals surface area contributed by atoms with Crippen LogP contribution in [0.3, 0.4) is 0 Å². The highest BCUT2D eigenvalue weighted by atomic mass is 79.9. The van der Waals surface area contributed by atoms with Crippen LogP contribution in [0.2, 0.25) is 0 Å². The zero-order valence-corrected chi connectivity index (χ0v) is 14.8. The number of aryl methyl sites for hydroxylation is 1. The van der Waals surface area contributed by atoms with Crippen LogP contribution in [-0.2, 0) is 9.53 Å². The van der Waals surface area contributed by atoms with Crippen molar-refractivity contribution in [3.8, 4) is 0 Å². The number of carbonyl (C=O) groups excluding carboxylic acids is 1. The molecule has 1 amide bonds. The van der Waals surface area contributed by atoms with Crippen molar-refractivity contribution in [3.05, 3.63) is 28.2 Å². The van der Waals surface area contributed by atoms with E-state index in [1.807, 2.05) is 12.1 Å². The molecule has 3 nitrogen and oxygen atoms in total. The normalized spacial score (nSPS) is 14.2. The van der Waals surface area contributed by atoms with Gasteiger partial charge in [-0.2, -0.15) is 0 Å². The number of hydrogen-bond donors (Lipinski definition) is 1. The Morgan fingerprint density at radius 1 is 1.48 bits per heavy atom. The lowest BCUT2D eigenvalue weighted by atomic mass is 10.2. The van der Waals surface area contributed by atoms with Crippen LogP contribution in [-0.4, -0.2) is 31.4 Å². The minimum absolute atomic E-state index is 0.0875. The Kier molecular flexibility index (Phi) is 7.07. The molecule has 0 aromatic heterocycles. The fourth-order valence-electron chi connectivity index (χ4n) is 1.91. The summed E-state index contributed by atoms with van der Waals surface area (Å²) >= 11 is 5.02. The van der Waals surface area contributed by atoms with E-state index in [0.29, 0.717) is 12.3 Å². The molecule has 0 atom stereocenters. The molecule has 2 rings (SSSR count). The molecule has 1 saturated carbocycles. The molecule has 21 heavy (non-hydrogen) atoms. The standard InChI is InChI=1S/C16H22BrNO2S/c1-12-9-14(17)5-6-15(12)21-11-16(19)18-7-2-8-20-10-13-3-4-13/h5-6,9,13H,2-4,7-8,10-11H2,1H3,(H,18,19). The van der Waals surface area contributed by atoms with Crippen LogP contribution < -0.4 is 5.32 Å². The molecule has 0 heterocycles. The first-order chi connectivity index (χ1) is 10.1. The SMILES string of the molecule is Cc1cc(Br)ccc1SCC(=O)NCCCOCC1CC1. The molecule has 0 spiro atoms. The van der Waals surface area contributed by atoms with Crippen molar-refractivity contribution in [1.82, 2.24) is 5.32 Å². The number of thioether (sulfide) groups is 1. The lowest BCUT2D eigenvalue weighted by Crippen LogP contribution is -2.27. The van der Waals surface area contributed by atoms with Gasteiger partial charge in [0.15, 0.2) is 0 Å². The molecule has 0 aliphatic heterocycles. The fraction of sp³-hybridized carbons (Fsp3) is 0.562. The molecular weight excluding hydrogens is 350 g/mol. The van der Waals surface area contributed by atoms with Crippen LogP contribution in [0.15, 0.2) is 27.6 Å². The predicted octanol–water partition coefficient (Wildman–Crippen LogP) is 3.78. The van der Waals surface area contributed by atoms with Gasteiger partial charge >= 0.3 is 0 Å². The molecule has 5 heteroatoms. The lowest BCUT2D eigenvalue weighted by Gasteiger charge is -2.07. The molecule has 116 valence electrons. The van der Waals surface area contributed by atoms with Gasteiger partial charge in [0.05, 0.1) is 5.75 Å². The highest BCUT2D eigenvalue weighted by Crippen LogP contribution is 2.28. The fourth-order valence-corrected chi connectivity index (χ4v) is 3.22. The van der Waals surface area contributed by atoms with E-state index in [-0.39, 0.29) is 5.91 Å². The zero-order chi connectivity index (χ0) is 15.1. The van der Waals surface area contributed by atoms with Gasteiger partial charge in [-0.3, -0.25) is 4.79 Å². The Labute approximate surface area is 139 Å². The molecular formula is C16H22BrNO2S. The smallest absolute Gasteiger partial charge is 0.230 e. The zero-order valence-electron chi connectivity index (χ0n) is 12.4. The number of rotatable bonds is 9. The Hall–Kier alpha value is -0.520. The predicted molar refractivity (Wildman–Crippen MR) is 90.8 cm³/mol. The minimum Gasteiger partial charge on any atom is -0.381 e. The monoisotopic (exact) mass is 371 g/mol. The maximum Gasteiger partial charge on any atom is 0.230 e. The molecule has 0 unspecified atom stereocenters. The van der Waals surface area contributed by atoms with Gasteiger partial charge in [0.2, 0.25) is 5.91 Å². The van der Waals surface area contributed by atoms with E-state index in [1.54, 1.807) is 11.8 Å². The quantitative estimate of drug-likeness (QED) is 0.530. The number of hydrogen-bond acceptors (Lipinski definition) is 3. The second-order valence-corrected chi connectivity index (χ2v) is 7.35. The molecule has 1 aliphatic carbocycles. The number of carbonyl (C=O) groups is 1.